The second-order valence-corrected chi connectivity index (χ2v) is 2.82. The highest BCUT2D eigenvalue weighted by Gasteiger charge is 2.01. The number of guanidine groups is 1. The summed E-state index contributed by atoms with van der Waals surface area (Å²) in [5, 5.41) is 6.91. The average Bonchev–Trinajstić information content (AvgIpc) is 2.25. The average molecular weight is 204 g/mol. The zero-order valence-electron chi connectivity index (χ0n) is 8.13. The summed E-state index contributed by atoms with van der Waals surface area (Å²) in [5.41, 5.74) is 10.7. The molecule has 0 atom stereocenters. The van der Waals surface area contributed by atoms with Crippen LogP contribution in [-0.4, -0.2) is 18.0 Å². The van der Waals surface area contributed by atoms with E-state index < -0.39 is 0 Å². The van der Waals surface area contributed by atoms with E-state index in [1.807, 2.05) is 6.07 Å². The minimum Gasteiger partial charge on any atom is -0.369 e. The summed E-state index contributed by atoms with van der Waals surface area (Å²) in [6.07, 6.45) is 1.55. The number of hydrogen-bond donors (Lipinski definition) is 2. The van der Waals surface area contributed by atoms with Crippen molar-refractivity contribution in [3.05, 3.63) is 35.9 Å². The van der Waals surface area contributed by atoms with Gasteiger partial charge in [0.25, 0.3) is 0 Å². The molecule has 1 aromatic rings. The van der Waals surface area contributed by atoms with Crippen molar-refractivity contribution in [1.29, 1.82) is 0 Å². The lowest BCUT2D eigenvalue weighted by Crippen LogP contribution is -2.21. The first-order chi connectivity index (χ1) is 7.20. The molecule has 0 saturated carbocycles. The van der Waals surface area contributed by atoms with Crippen molar-refractivity contribution in [2.45, 2.75) is 6.42 Å². The highest BCUT2D eigenvalue weighted by molar-refractivity contribution is 6.03. The van der Waals surface area contributed by atoms with Gasteiger partial charge in [0.15, 0.2) is 5.78 Å². The maximum atomic E-state index is 11.5. The molecular formula is C10H12N4O. The first-order valence-electron chi connectivity index (χ1n) is 4.39. The molecule has 0 amide bonds. The molecule has 0 bridgehead atoms. The van der Waals surface area contributed by atoms with E-state index in [1.165, 1.54) is 6.21 Å². The largest absolute Gasteiger partial charge is 0.369 e. The third-order valence-corrected chi connectivity index (χ3v) is 1.63. The van der Waals surface area contributed by atoms with Crippen molar-refractivity contribution < 1.29 is 4.79 Å². The van der Waals surface area contributed by atoms with E-state index in [0.29, 0.717) is 5.56 Å². The smallest absolute Gasteiger partial charge is 0.211 e. The Balaban J connectivity index is 2.51. The molecule has 4 N–H and O–H groups in total. The van der Waals surface area contributed by atoms with Gasteiger partial charge in [-0.05, 0) is 0 Å². The van der Waals surface area contributed by atoms with Gasteiger partial charge in [-0.1, -0.05) is 30.3 Å². The zero-order valence-corrected chi connectivity index (χ0v) is 8.13. The Bertz CT molecular complexity index is 380. The van der Waals surface area contributed by atoms with E-state index in [0.717, 1.165) is 0 Å². The fraction of sp³-hybridized carbons (Fsp3) is 0.100. The number of carbonyl (C=O) groups excluding carboxylic acids is 1. The Morgan fingerprint density at radius 1 is 1.27 bits per heavy atom. The number of ketones is 1. The van der Waals surface area contributed by atoms with Gasteiger partial charge in [0, 0.05) is 18.2 Å². The van der Waals surface area contributed by atoms with Crippen LogP contribution in [0.2, 0.25) is 0 Å². The molecule has 0 aromatic heterocycles. The molecule has 0 aliphatic rings. The fourth-order valence-corrected chi connectivity index (χ4v) is 0.973. The van der Waals surface area contributed by atoms with Gasteiger partial charge >= 0.3 is 0 Å². The number of nitrogens with two attached hydrogens (primary N) is 2. The molecule has 0 fully saturated rings. The molecule has 0 aliphatic heterocycles. The predicted octanol–water partition coefficient (Wildman–Crippen LogP) is 0.519. The molecule has 0 unspecified atom stereocenters. The number of benzene rings is 1. The van der Waals surface area contributed by atoms with Crippen LogP contribution in [0.4, 0.5) is 0 Å². The molecule has 0 aliphatic carbocycles. The third-order valence-electron chi connectivity index (χ3n) is 1.63. The Morgan fingerprint density at radius 2 is 1.93 bits per heavy atom. The molecule has 78 valence electrons. The van der Waals surface area contributed by atoms with Gasteiger partial charge in [-0.2, -0.15) is 5.10 Å². The molecule has 0 radical (unpaired) electrons. The van der Waals surface area contributed by atoms with Gasteiger partial charge in [-0.3, -0.25) is 4.79 Å². The molecule has 0 heterocycles. The number of rotatable bonds is 4. The van der Waals surface area contributed by atoms with E-state index in [-0.39, 0.29) is 18.2 Å². The van der Waals surface area contributed by atoms with Crippen LogP contribution in [-0.2, 0) is 0 Å². The van der Waals surface area contributed by atoms with Crippen LogP contribution < -0.4 is 11.5 Å². The lowest BCUT2D eigenvalue weighted by atomic mass is 10.1. The lowest BCUT2D eigenvalue weighted by molar-refractivity contribution is 0.100. The predicted molar refractivity (Wildman–Crippen MR) is 59.7 cm³/mol. The van der Waals surface area contributed by atoms with Crippen LogP contribution in [0.5, 0.6) is 0 Å². The first-order valence-corrected chi connectivity index (χ1v) is 4.39. The SMILES string of the molecule is NC(N)=N/N=C\CC(=O)c1ccccc1. The van der Waals surface area contributed by atoms with Crippen LogP contribution in [0.25, 0.3) is 0 Å². The normalized spacial score (nSPS) is 10.1. The molecule has 0 spiro atoms. The van der Waals surface area contributed by atoms with Crippen molar-refractivity contribution >= 4 is 18.0 Å². The molecular weight excluding hydrogens is 192 g/mol. The van der Waals surface area contributed by atoms with Gasteiger partial charge in [0.1, 0.15) is 0 Å². The third kappa shape index (κ3) is 4.04. The lowest BCUT2D eigenvalue weighted by Gasteiger charge is -1.94. The van der Waals surface area contributed by atoms with Crippen molar-refractivity contribution in [2.75, 3.05) is 0 Å². The van der Waals surface area contributed by atoms with Gasteiger partial charge < -0.3 is 11.5 Å². The molecule has 1 aromatic carbocycles. The first kappa shape index (κ1) is 10.9. The standard InChI is InChI=1S/C10H12N4O/c11-10(12)14-13-7-6-9(15)8-4-2-1-3-5-8/h1-5,7H,6H2,(H4,11,12,14)/b13-7-. The topological polar surface area (TPSA) is 93.8 Å². The van der Waals surface area contributed by atoms with Crippen molar-refractivity contribution in [2.24, 2.45) is 21.7 Å². The fourth-order valence-electron chi connectivity index (χ4n) is 0.973. The van der Waals surface area contributed by atoms with Crippen LogP contribution >= 0.6 is 0 Å². The minimum absolute atomic E-state index is 0.0230. The number of Topliss-reactive ketones (excluding diaryl/α,β-unsaturated/α-hetero) is 1. The van der Waals surface area contributed by atoms with E-state index in [2.05, 4.69) is 10.2 Å². The summed E-state index contributed by atoms with van der Waals surface area (Å²) in [4.78, 5) is 11.5. The Hall–Kier alpha value is -2.17. The van der Waals surface area contributed by atoms with E-state index in [9.17, 15) is 4.79 Å². The monoisotopic (exact) mass is 204 g/mol. The van der Waals surface area contributed by atoms with Crippen LogP contribution in [0.3, 0.4) is 0 Å². The summed E-state index contributed by atoms with van der Waals surface area (Å²) in [6, 6.07) is 8.96. The van der Waals surface area contributed by atoms with Crippen LogP contribution in [0, 0.1) is 0 Å². The minimum atomic E-state index is -0.126. The molecule has 5 heteroatoms. The molecule has 0 saturated heterocycles. The Labute approximate surface area is 87.5 Å². The maximum absolute atomic E-state index is 11.5. The second kappa shape index (κ2) is 5.54. The Kier molecular flexibility index (Phi) is 4.03. The van der Waals surface area contributed by atoms with Crippen molar-refractivity contribution in [1.82, 2.24) is 0 Å². The Morgan fingerprint density at radius 3 is 2.53 bits per heavy atom. The van der Waals surface area contributed by atoms with Crippen molar-refractivity contribution in [3.63, 3.8) is 0 Å². The highest BCUT2D eigenvalue weighted by Crippen LogP contribution is 2.01. The number of hydrogen-bond acceptors (Lipinski definition) is 3. The number of nitrogens with zero attached hydrogens (tertiary/aromatic N) is 2. The van der Waals surface area contributed by atoms with Crippen LogP contribution in [0.15, 0.2) is 40.5 Å². The summed E-state index contributed by atoms with van der Waals surface area (Å²) in [6.45, 7) is 0. The maximum Gasteiger partial charge on any atom is 0.211 e. The van der Waals surface area contributed by atoms with Crippen LogP contribution in [0.1, 0.15) is 16.8 Å². The molecule has 5 nitrogen and oxygen atoms in total. The van der Waals surface area contributed by atoms with Gasteiger partial charge in [0.05, 0.1) is 0 Å². The molecule has 1 rings (SSSR count). The highest BCUT2D eigenvalue weighted by atomic mass is 16.1. The summed E-state index contributed by atoms with van der Waals surface area (Å²) < 4.78 is 0. The van der Waals surface area contributed by atoms with E-state index >= 15 is 0 Å². The van der Waals surface area contributed by atoms with Gasteiger partial charge in [-0.15, -0.1) is 5.10 Å². The molecule has 15 heavy (non-hydrogen) atoms. The van der Waals surface area contributed by atoms with E-state index in [4.69, 9.17) is 11.5 Å². The van der Waals surface area contributed by atoms with Gasteiger partial charge in [-0.25, -0.2) is 0 Å². The summed E-state index contributed by atoms with van der Waals surface area (Å²) >= 11 is 0. The number of carbonyl (C=O) groups is 1. The van der Waals surface area contributed by atoms with Gasteiger partial charge in [0.2, 0.25) is 5.96 Å². The summed E-state index contributed by atoms with van der Waals surface area (Å²) in [7, 11) is 0. The van der Waals surface area contributed by atoms with Crippen molar-refractivity contribution in [3.8, 4) is 0 Å². The summed E-state index contributed by atoms with van der Waals surface area (Å²) in [5.74, 6) is -0.149. The quantitative estimate of drug-likeness (QED) is 0.324. The van der Waals surface area contributed by atoms with E-state index in [1.54, 1.807) is 24.3 Å². The second-order valence-electron chi connectivity index (χ2n) is 2.82. The zero-order chi connectivity index (χ0) is 11.1.